The van der Waals surface area contributed by atoms with E-state index in [2.05, 4.69) is 15.5 Å². The third-order valence-corrected chi connectivity index (χ3v) is 6.85. The van der Waals surface area contributed by atoms with Crippen molar-refractivity contribution in [1.29, 1.82) is 0 Å². The van der Waals surface area contributed by atoms with Gasteiger partial charge < -0.3 is 25.0 Å². The molecule has 0 radical (unpaired) electrons. The third kappa shape index (κ3) is 6.31. The number of nitrogens with one attached hydrogen (secondary N) is 2. The predicted octanol–water partition coefficient (Wildman–Crippen LogP) is 5.52. The number of rotatable bonds is 8. The Morgan fingerprint density at radius 3 is 2.45 bits per heavy atom. The Hall–Kier alpha value is -3.91. The highest BCUT2D eigenvalue weighted by molar-refractivity contribution is 6.07. The van der Waals surface area contributed by atoms with Gasteiger partial charge in [0.25, 0.3) is 11.8 Å². The third-order valence-electron chi connectivity index (χ3n) is 6.85. The van der Waals surface area contributed by atoms with E-state index >= 15 is 0 Å². The number of hydrogen-bond donors (Lipinski definition) is 2. The monoisotopic (exact) mass is 517 g/mol. The highest BCUT2D eigenvalue weighted by atomic mass is 19.1. The number of carbonyl (C=O) groups excluding carboxylic acids is 2. The molecule has 2 N–H and O–H groups in total. The molecule has 0 spiro atoms. The summed E-state index contributed by atoms with van der Waals surface area (Å²) in [6, 6.07) is 16.1. The second-order valence-electron chi connectivity index (χ2n) is 9.84. The molecule has 3 aromatic carbocycles. The van der Waals surface area contributed by atoms with Crippen LogP contribution in [-0.4, -0.2) is 49.1 Å². The molecule has 2 amide bonds. The van der Waals surface area contributed by atoms with E-state index in [-0.39, 0.29) is 17.9 Å². The second-order valence-corrected chi connectivity index (χ2v) is 9.84. The normalized spacial score (nSPS) is 16.7. The first-order chi connectivity index (χ1) is 18.4. The summed E-state index contributed by atoms with van der Waals surface area (Å²) in [5, 5.41) is 5.88. The van der Waals surface area contributed by atoms with E-state index in [4.69, 9.17) is 9.47 Å². The number of ether oxygens (including phenoxy) is 2. The fraction of sp³-hybridized carbons (Fsp3) is 0.333. The number of halogens is 1. The van der Waals surface area contributed by atoms with Gasteiger partial charge in [0.2, 0.25) is 0 Å². The number of hydrogen-bond acceptors (Lipinski definition) is 5. The number of anilines is 2. The second kappa shape index (κ2) is 11.6. The van der Waals surface area contributed by atoms with Gasteiger partial charge in [-0.15, -0.1) is 0 Å². The van der Waals surface area contributed by atoms with E-state index in [1.807, 2.05) is 19.1 Å². The molecule has 0 aromatic heterocycles. The lowest BCUT2D eigenvalue weighted by molar-refractivity contribution is 0.0998. The molecule has 1 atom stereocenters. The van der Waals surface area contributed by atoms with Crippen molar-refractivity contribution in [2.45, 2.75) is 38.7 Å². The van der Waals surface area contributed by atoms with Crippen LogP contribution in [0.25, 0.3) is 0 Å². The molecule has 8 heteroatoms. The average molecular weight is 518 g/mol. The van der Waals surface area contributed by atoms with Crippen molar-refractivity contribution in [3.05, 3.63) is 83.2 Å². The van der Waals surface area contributed by atoms with E-state index in [1.54, 1.807) is 24.3 Å². The Morgan fingerprint density at radius 2 is 1.66 bits per heavy atom. The first kappa shape index (κ1) is 25.7. The zero-order valence-corrected chi connectivity index (χ0v) is 21.5. The van der Waals surface area contributed by atoms with Crippen LogP contribution in [0.4, 0.5) is 15.8 Å². The Labute approximate surface area is 221 Å². The number of benzene rings is 3. The van der Waals surface area contributed by atoms with Gasteiger partial charge in [0.05, 0.1) is 0 Å². The SMILES string of the molecule is CC1COc2ccc(C(=O)Nc3ccc(CCCN4CCCC4)c(NC(=O)c4ccc(F)cc4)c3)cc2O1. The number of carbonyl (C=O) groups is 2. The summed E-state index contributed by atoms with van der Waals surface area (Å²) in [6.07, 6.45) is 4.14. The highest BCUT2D eigenvalue weighted by Gasteiger charge is 2.20. The van der Waals surface area contributed by atoms with E-state index in [0.29, 0.717) is 40.6 Å². The number of fused-ring (bicyclic) bond motifs is 1. The zero-order chi connectivity index (χ0) is 26.5. The Bertz CT molecular complexity index is 1310. The fourth-order valence-corrected chi connectivity index (χ4v) is 4.81. The number of nitrogens with zero attached hydrogens (tertiary/aromatic N) is 1. The summed E-state index contributed by atoms with van der Waals surface area (Å²) in [5.41, 5.74) is 2.94. The van der Waals surface area contributed by atoms with Crippen molar-refractivity contribution in [2.24, 2.45) is 0 Å². The molecule has 1 unspecified atom stereocenters. The van der Waals surface area contributed by atoms with Gasteiger partial charge in [-0.1, -0.05) is 6.07 Å². The quantitative estimate of drug-likeness (QED) is 0.411. The van der Waals surface area contributed by atoms with Crippen LogP contribution >= 0.6 is 0 Å². The van der Waals surface area contributed by atoms with Crippen molar-refractivity contribution >= 4 is 23.2 Å². The van der Waals surface area contributed by atoms with Crippen molar-refractivity contribution in [1.82, 2.24) is 4.90 Å². The molecule has 0 saturated carbocycles. The van der Waals surface area contributed by atoms with Crippen LogP contribution < -0.4 is 20.1 Å². The molecule has 3 aromatic rings. The zero-order valence-electron chi connectivity index (χ0n) is 21.5. The minimum absolute atomic E-state index is 0.0916. The first-order valence-corrected chi connectivity index (χ1v) is 13.1. The van der Waals surface area contributed by atoms with E-state index in [0.717, 1.165) is 38.0 Å². The molecular formula is C30H32FN3O4. The molecule has 2 aliphatic rings. The van der Waals surface area contributed by atoms with Gasteiger partial charge in [-0.25, -0.2) is 4.39 Å². The molecule has 0 bridgehead atoms. The molecule has 7 nitrogen and oxygen atoms in total. The van der Waals surface area contributed by atoms with E-state index in [9.17, 15) is 14.0 Å². The Morgan fingerprint density at radius 1 is 0.921 bits per heavy atom. The lowest BCUT2D eigenvalue weighted by atomic mass is 10.1. The van der Waals surface area contributed by atoms with Crippen molar-refractivity contribution in [3.63, 3.8) is 0 Å². The van der Waals surface area contributed by atoms with Gasteiger partial charge in [-0.3, -0.25) is 9.59 Å². The topological polar surface area (TPSA) is 79.9 Å². The molecule has 5 rings (SSSR count). The summed E-state index contributed by atoms with van der Waals surface area (Å²) in [5.74, 6) is 0.116. The summed E-state index contributed by atoms with van der Waals surface area (Å²) in [7, 11) is 0. The molecule has 2 aliphatic heterocycles. The van der Waals surface area contributed by atoms with Crippen LogP contribution in [0.5, 0.6) is 11.5 Å². The van der Waals surface area contributed by atoms with Gasteiger partial charge in [-0.2, -0.15) is 0 Å². The minimum atomic E-state index is -0.401. The lowest BCUT2D eigenvalue weighted by Crippen LogP contribution is -2.26. The summed E-state index contributed by atoms with van der Waals surface area (Å²) < 4.78 is 24.8. The molecule has 38 heavy (non-hydrogen) atoms. The molecule has 1 fully saturated rings. The maximum atomic E-state index is 13.3. The van der Waals surface area contributed by atoms with Crippen molar-refractivity contribution in [3.8, 4) is 11.5 Å². The van der Waals surface area contributed by atoms with Gasteiger partial charge in [0.1, 0.15) is 18.5 Å². The summed E-state index contributed by atoms with van der Waals surface area (Å²) >= 11 is 0. The van der Waals surface area contributed by atoms with Crippen molar-refractivity contribution in [2.75, 3.05) is 36.9 Å². The summed E-state index contributed by atoms with van der Waals surface area (Å²) in [6.45, 7) is 5.65. The summed E-state index contributed by atoms with van der Waals surface area (Å²) in [4.78, 5) is 28.4. The highest BCUT2D eigenvalue weighted by Crippen LogP contribution is 2.33. The number of amides is 2. The molecule has 1 saturated heterocycles. The number of aryl methyl sites for hydroxylation is 1. The van der Waals surface area contributed by atoms with Gasteiger partial charge in [0, 0.05) is 22.5 Å². The minimum Gasteiger partial charge on any atom is -0.486 e. The molecule has 0 aliphatic carbocycles. The molecule has 198 valence electrons. The van der Waals surface area contributed by atoms with Crippen LogP contribution in [0.1, 0.15) is 52.5 Å². The maximum absolute atomic E-state index is 13.3. The van der Waals surface area contributed by atoms with Crippen LogP contribution in [0.15, 0.2) is 60.7 Å². The largest absolute Gasteiger partial charge is 0.486 e. The van der Waals surface area contributed by atoms with Crippen LogP contribution in [-0.2, 0) is 6.42 Å². The smallest absolute Gasteiger partial charge is 0.255 e. The van der Waals surface area contributed by atoms with Gasteiger partial charge in [-0.05, 0) is 112 Å². The lowest BCUT2D eigenvalue weighted by Gasteiger charge is -2.24. The van der Waals surface area contributed by atoms with Gasteiger partial charge >= 0.3 is 0 Å². The first-order valence-electron chi connectivity index (χ1n) is 13.1. The average Bonchev–Trinajstić information content (AvgIpc) is 3.43. The fourth-order valence-electron chi connectivity index (χ4n) is 4.81. The van der Waals surface area contributed by atoms with Crippen LogP contribution in [0, 0.1) is 5.82 Å². The maximum Gasteiger partial charge on any atom is 0.255 e. The standard InChI is InChI=1S/C30H32FN3O4/c1-20-19-37-27-13-9-23(17-28(27)38-20)30(36)32-25-12-8-21(5-4-16-34-14-2-3-15-34)26(18-25)33-29(35)22-6-10-24(31)11-7-22/h6-13,17-18,20H,2-5,14-16,19H2,1H3,(H,32,36)(H,33,35). The van der Waals surface area contributed by atoms with Crippen LogP contribution in [0.2, 0.25) is 0 Å². The predicted molar refractivity (Wildman–Crippen MR) is 145 cm³/mol. The Balaban J connectivity index is 1.32. The number of likely N-dealkylation sites (tertiary alicyclic amines) is 1. The van der Waals surface area contributed by atoms with Gasteiger partial charge in [0.15, 0.2) is 11.5 Å². The van der Waals surface area contributed by atoms with Crippen molar-refractivity contribution < 1.29 is 23.5 Å². The Kier molecular flexibility index (Phi) is 7.89. The van der Waals surface area contributed by atoms with Crippen LogP contribution in [0.3, 0.4) is 0 Å². The van der Waals surface area contributed by atoms with E-state index in [1.165, 1.54) is 37.1 Å². The molecular weight excluding hydrogens is 485 g/mol. The van der Waals surface area contributed by atoms with E-state index < -0.39 is 5.82 Å². The molecule has 2 heterocycles.